The molecular formula is C7H9ClN4O4S. The molecule has 17 heavy (non-hydrogen) atoms. The number of hydrogen-bond donors (Lipinski definition) is 2. The van der Waals surface area contributed by atoms with E-state index in [1.54, 1.807) is 11.6 Å². The second-order valence-electron chi connectivity index (χ2n) is 2.65. The number of ether oxygens (including phenoxy) is 1. The molecule has 0 saturated heterocycles. The standard InChI is InChI=1S/C7H9ClN4O4S/c1-2-16-7(13)12-17(14,15)11-6-3-5(8)9-4-10-6/h3-4H,2H2,1H3,(H,12,13)(H,9,10,11). The summed E-state index contributed by atoms with van der Waals surface area (Å²) < 4.78 is 30.7. The molecule has 1 heterocycles. The fraction of sp³-hybridized carbons (Fsp3) is 0.286. The van der Waals surface area contributed by atoms with E-state index >= 15 is 0 Å². The number of carbonyl (C=O) groups is 1. The van der Waals surface area contributed by atoms with E-state index in [-0.39, 0.29) is 17.6 Å². The van der Waals surface area contributed by atoms with Crippen LogP contribution in [0.25, 0.3) is 0 Å². The largest absolute Gasteiger partial charge is 0.449 e. The van der Waals surface area contributed by atoms with Crippen LogP contribution < -0.4 is 9.44 Å². The maximum absolute atomic E-state index is 11.4. The zero-order chi connectivity index (χ0) is 12.9. The average molecular weight is 281 g/mol. The normalized spacial score (nSPS) is 10.7. The molecule has 0 radical (unpaired) electrons. The summed E-state index contributed by atoms with van der Waals surface area (Å²) in [6.07, 6.45) is -0.00923. The van der Waals surface area contributed by atoms with Gasteiger partial charge in [0.25, 0.3) is 0 Å². The molecule has 1 aromatic heterocycles. The average Bonchev–Trinajstić information content (AvgIpc) is 2.15. The maximum Gasteiger partial charge on any atom is 0.422 e. The monoisotopic (exact) mass is 280 g/mol. The highest BCUT2D eigenvalue weighted by molar-refractivity contribution is 7.91. The SMILES string of the molecule is CCOC(=O)NS(=O)(=O)Nc1cc(Cl)ncn1. The molecule has 2 N–H and O–H groups in total. The summed E-state index contributed by atoms with van der Waals surface area (Å²) in [5.74, 6) is -0.0678. The molecule has 0 aliphatic rings. The van der Waals surface area contributed by atoms with Crippen molar-refractivity contribution in [2.75, 3.05) is 11.3 Å². The van der Waals surface area contributed by atoms with Gasteiger partial charge in [-0.1, -0.05) is 11.6 Å². The Labute approximate surface area is 103 Å². The summed E-state index contributed by atoms with van der Waals surface area (Å²) in [5, 5.41) is 0.0637. The molecule has 0 spiro atoms. The van der Waals surface area contributed by atoms with E-state index in [1.165, 1.54) is 6.07 Å². The van der Waals surface area contributed by atoms with Crippen LogP contribution in [0, 0.1) is 0 Å². The van der Waals surface area contributed by atoms with Gasteiger partial charge in [0.1, 0.15) is 17.3 Å². The molecule has 0 fully saturated rings. The molecule has 1 aromatic rings. The third kappa shape index (κ3) is 4.83. The van der Waals surface area contributed by atoms with E-state index in [2.05, 4.69) is 14.7 Å². The third-order valence-electron chi connectivity index (χ3n) is 1.37. The van der Waals surface area contributed by atoms with E-state index in [9.17, 15) is 13.2 Å². The quantitative estimate of drug-likeness (QED) is 0.779. The lowest BCUT2D eigenvalue weighted by atomic mass is 10.6. The number of nitrogens with one attached hydrogen (secondary N) is 2. The van der Waals surface area contributed by atoms with Crippen LogP contribution in [0.3, 0.4) is 0 Å². The van der Waals surface area contributed by atoms with Crippen molar-refractivity contribution in [1.82, 2.24) is 14.7 Å². The third-order valence-corrected chi connectivity index (χ3v) is 2.49. The number of hydrogen-bond acceptors (Lipinski definition) is 6. The topological polar surface area (TPSA) is 110 Å². The van der Waals surface area contributed by atoms with Gasteiger partial charge >= 0.3 is 16.3 Å². The summed E-state index contributed by atoms with van der Waals surface area (Å²) in [4.78, 5) is 18.1. The maximum atomic E-state index is 11.4. The zero-order valence-electron chi connectivity index (χ0n) is 8.68. The Bertz CT molecular complexity index is 506. The first-order valence-corrected chi connectivity index (χ1v) is 6.24. The Balaban J connectivity index is 2.70. The summed E-state index contributed by atoms with van der Waals surface area (Å²) in [6, 6.07) is 1.19. The summed E-state index contributed by atoms with van der Waals surface area (Å²) in [6.45, 7) is 1.60. The molecule has 0 aromatic carbocycles. The van der Waals surface area contributed by atoms with Gasteiger partial charge in [0.15, 0.2) is 0 Å². The van der Waals surface area contributed by atoms with Crippen molar-refractivity contribution >= 4 is 33.7 Å². The molecule has 0 aliphatic heterocycles. The number of anilines is 1. The smallest absolute Gasteiger partial charge is 0.422 e. The number of aromatic nitrogens is 2. The molecule has 0 aliphatic carbocycles. The first kappa shape index (κ1) is 13.5. The molecule has 0 unspecified atom stereocenters. The van der Waals surface area contributed by atoms with Gasteiger partial charge in [-0.2, -0.15) is 8.42 Å². The lowest BCUT2D eigenvalue weighted by molar-refractivity contribution is 0.159. The Morgan fingerprint density at radius 2 is 2.24 bits per heavy atom. The van der Waals surface area contributed by atoms with Crippen molar-refractivity contribution in [2.45, 2.75) is 6.92 Å². The predicted octanol–water partition coefficient (Wildman–Crippen LogP) is 0.533. The second-order valence-corrected chi connectivity index (χ2v) is 4.46. The minimum absolute atomic E-state index is 0.0562. The Morgan fingerprint density at radius 1 is 1.53 bits per heavy atom. The predicted molar refractivity (Wildman–Crippen MR) is 59.7 cm³/mol. The van der Waals surface area contributed by atoms with Crippen molar-refractivity contribution in [3.8, 4) is 0 Å². The molecule has 8 nitrogen and oxygen atoms in total. The van der Waals surface area contributed by atoms with Crippen molar-refractivity contribution in [3.05, 3.63) is 17.5 Å². The van der Waals surface area contributed by atoms with Crippen molar-refractivity contribution < 1.29 is 17.9 Å². The number of amides is 1. The van der Waals surface area contributed by atoms with E-state index in [0.29, 0.717) is 0 Å². The lowest BCUT2D eigenvalue weighted by Gasteiger charge is -2.08. The Hall–Kier alpha value is -1.61. The van der Waals surface area contributed by atoms with Gasteiger partial charge in [-0.3, -0.25) is 0 Å². The molecule has 0 saturated carbocycles. The first-order chi connectivity index (χ1) is 7.93. The van der Waals surface area contributed by atoms with Gasteiger partial charge in [0.2, 0.25) is 0 Å². The van der Waals surface area contributed by atoms with E-state index in [0.717, 1.165) is 6.33 Å². The van der Waals surface area contributed by atoms with Crippen molar-refractivity contribution in [1.29, 1.82) is 0 Å². The van der Waals surface area contributed by atoms with Crippen LogP contribution in [0.2, 0.25) is 5.15 Å². The van der Waals surface area contributed by atoms with E-state index in [1.807, 2.05) is 4.72 Å². The highest BCUT2D eigenvalue weighted by atomic mass is 35.5. The summed E-state index contributed by atoms with van der Waals surface area (Å²) in [5.41, 5.74) is 0. The minimum Gasteiger partial charge on any atom is -0.449 e. The molecule has 94 valence electrons. The van der Waals surface area contributed by atoms with Gasteiger partial charge in [-0.25, -0.2) is 24.2 Å². The second kappa shape index (κ2) is 5.64. The fourth-order valence-corrected chi connectivity index (χ4v) is 1.69. The van der Waals surface area contributed by atoms with E-state index < -0.39 is 16.3 Å². The fourth-order valence-electron chi connectivity index (χ4n) is 0.823. The van der Waals surface area contributed by atoms with Crippen LogP contribution in [0.15, 0.2) is 12.4 Å². The van der Waals surface area contributed by atoms with Crippen molar-refractivity contribution in [3.63, 3.8) is 0 Å². The lowest BCUT2D eigenvalue weighted by Crippen LogP contribution is -2.35. The van der Waals surface area contributed by atoms with Gasteiger partial charge < -0.3 is 4.74 Å². The highest BCUT2D eigenvalue weighted by Crippen LogP contribution is 2.09. The van der Waals surface area contributed by atoms with Gasteiger partial charge in [-0.05, 0) is 6.92 Å². The first-order valence-electron chi connectivity index (χ1n) is 4.38. The number of nitrogens with zero attached hydrogens (tertiary/aromatic N) is 2. The molecule has 1 amide bonds. The number of carbonyl (C=O) groups excluding carboxylic acids is 1. The molecule has 1 rings (SSSR count). The van der Waals surface area contributed by atoms with Crippen LogP contribution in [0.4, 0.5) is 10.6 Å². The van der Waals surface area contributed by atoms with Crippen LogP contribution in [-0.4, -0.2) is 31.1 Å². The summed E-state index contributed by atoms with van der Waals surface area (Å²) >= 11 is 5.53. The van der Waals surface area contributed by atoms with Crippen molar-refractivity contribution in [2.24, 2.45) is 0 Å². The van der Waals surface area contributed by atoms with Gasteiger partial charge in [0.05, 0.1) is 6.61 Å². The highest BCUT2D eigenvalue weighted by Gasteiger charge is 2.15. The van der Waals surface area contributed by atoms with E-state index in [4.69, 9.17) is 11.6 Å². The van der Waals surface area contributed by atoms with Crippen LogP contribution >= 0.6 is 11.6 Å². The minimum atomic E-state index is -4.10. The number of rotatable bonds is 4. The Morgan fingerprint density at radius 3 is 2.82 bits per heavy atom. The summed E-state index contributed by atoms with van der Waals surface area (Å²) in [7, 11) is -4.10. The molecule has 0 atom stereocenters. The van der Waals surface area contributed by atoms with Crippen LogP contribution in [-0.2, 0) is 14.9 Å². The molecule has 0 bridgehead atoms. The Kier molecular flexibility index (Phi) is 4.46. The van der Waals surface area contributed by atoms with Gasteiger partial charge in [-0.15, -0.1) is 0 Å². The molecular weight excluding hydrogens is 272 g/mol. The zero-order valence-corrected chi connectivity index (χ0v) is 10.2. The van der Waals surface area contributed by atoms with Crippen LogP contribution in [0.1, 0.15) is 6.92 Å². The van der Waals surface area contributed by atoms with Gasteiger partial charge in [0, 0.05) is 6.07 Å². The van der Waals surface area contributed by atoms with Crippen LogP contribution in [0.5, 0.6) is 0 Å². The molecule has 10 heteroatoms. The number of halogens is 1.